The maximum absolute atomic E-state index is 5.90. The smallest absolute Gasteiger partial charge is 0.0923 e. The van der Waals surface area contributed by atoms with E-state index in [1.807, 2.05) is 0 Å². The van der Waals surface area contributed by atoms with Crippen LogP contribution in [0.3, 0.4) is 0 Å². The van der Waals surface area contributed by atoms with Crippen LogP contribution in [0.5, 0.6) is 0 Å². The van der Waals surface area contributed by atoms with Gasteiger partial charge in [0.2, 0.25) is 0 Å². The summed E-state index contributed by atoms with van der Waals surface area (Å²) in [6, 6.07) is 0. The summed E-state index contributed by atoms with van der Waals surface area (Å²) in [5.41, 5.74) is 2.21. The first-order valence-electron chi connectivity index (χ1n) is 6.78. The van der Waals surface area contributed by atoms with E-state index >= 15 is 0 Å². The number of hydrogen-bond acceptors (Lipinski definition) is 1. The van der Waals surface area contributed by atoms with Gasteiger partial charge < -0.3 is 4.74 Å². The predicted octanol–water partition coefficient (Wildman–Crippen LogP) is 3.94. The molecule has 1 heterocycles. The van der Waals surface area contributed by atoms with Gasteiger partial charge in [-0.2, -0.15) is 0 Å². The van der Waals surface area contributed by atoms with Gasteiger partial charge in [-0.1, -0.05) is 26.0 Å². The third-order valence-corrected chi connectivity index (χ3v) is 5.46. The minimum absolute atomic E-state index is 0.225. The van der Waals surface area contributed by atoms with Crippen LogP contribution in [0.15, 0.2) is 12.2 Å². The quantitative estimate of drug-likeness (QED) is 0.445. The molecule has 1 aliphatic heterocycles. The van der Waals surface area contributed by atoms with Crippen molar-refractivity contribution in [1.29, 1.82) is 0 Å². The van der Waals surface area contributed by atoms with E-state index in [9.17, 15) is 0 Å². The minimum atomic E-state index is 0.225. The van der Waals surface area contributed by atoms with Crippen LogP contribution in [0.4, 0.5) is 0 Å². The van der Waals surface area contributed by atoms with Gasteiger partial charge in [-0.25, -0.2) is 0 Å². The number of hydrogen-bond donors (Lipinski definition) is 0. The van der Waals surface area contributed by atoms with E-state index in [2.05, 4.69) is 27.4 Å². The third kappa shape index (κ3) is 1.48. The average molecular weight is 220 g/mol. The van der Waals surface area contributed by atoms with Gasteiger partial charge >= 0.3 is 0 Å². The maximum atomic E-state index is 5.90. The van der Waals surface area contributed by atoms with Crippen molar-refractivity contribution >= 4 is 0 Å². The Balaban J connectivity index is 1.91. The monoisotopic (exact) mass is 220 g/mol. The zero-order valence-electron chi connectivity index (χ0n) is 10.9. The maximum Gasteiger partial charge on any atom is 0.0923 e. The topological polar surface area (TPSA) is 12.5 Å². The first kappa shape index (κ1) is 10.8. The fraction of sp³-hybridized carbons (Fsp3) is 0.867. The summed E-state index contributed by atoms with van der Waals surface area (Å²) in [6.07, 6.45) is 6.97. The molecule has 1 nitrogen and oxygen atoms in total. The summed E-state index contributed by atoms with van der Waals surface area (Å²) in [6.45, 7) is 11.6. The highest BCUT2D eigenvalue weighted by molar-refractivity contribution is 5.17. The molecule has 2 aliphatic carbocycles. The van der Waals surface area contributed by atoms with Crippen molar-refractivity contribution in [2.75, 3.05) is 0 Å². The summed E-state index contributed by atoms with van der Waals surface area (Å²) < 4.78 is 5.90. The molecule has 90 valence electrons. The average Bonchev–Trinajstić information content (AvgIpc) is 2.86. The Hall–Kier alpha value is -0.300. The minimum Gasteiger partial charge on any atom is -0.366 e. The second-order valence-electron chi connectivity index (χ2n) is 7.07. The van der Waals surface area contributed by atoms with Gasteiger partial charge in [0.05, 0.1) is 11.7 Å². The third-order valence-electron chi connectivity index (χ3n) is 5.46. The fourth-order valence-electron chi connectivity index (χ4n) is 4.16. The molecule has 0 radical (unpaired) electrons. The standard InChI is InChI=1S/C15H24O/c1-10-6-5-7-14(2,3)12-9-15(4)13(16-15)8-11(10)12/h11-13H,1,5-9H2,2-4H3/t11-,12+,13-,15+/m0/s1. The zero-order chi connectivity index (χ0) is 11.6. The summed E-state index contributed by atoms with van der Waals surface area (Å²) >= 11 is 0. The Morgan fingerprint density at radius 1 is 1.31 bits per heavy atom. The molecule has 0 spiro atoms. The number of rotatable bonds is 0. The summed E-state index contributed by atoms with van der Waals surface area (Å²) in [7, 11) is 0. The second-order valence-corrected chi connectivity index (χ2v) is 7.07. The van der Waals surface area contributed by atoms with Crippen LogP contribution in [-0.4, -0.2) is 11.7 Å². The predicted molar refractivity (Wildman–Crippen MR) is 66.3 cm³/mol. The highest BCUT2D eigenvalue weighted by Gasteiger charge is 2.60. The highest BCUT2D eigenvalue weighted by atomic mass is 16.6. The molecule has 3 aliphatic rings. The lowest BCUT2D eigenvalue weighted by Gasteiger charge is -2.41. The van der Waals surface area contributed by atoms with Crippen molar-refractivity contribution in [3.63, 3.8) is 0 Å². The first-order chi connectivity index (χ1) is 7.42. The number of epoxide rings is 1. The Kier molecular flexibility index (Phi) is 2.12. The number of fused-ring (bicyclic) bond motifs is 2. The second kappa shape index (κ2) is 3.13. The lowest BCUT2D eigenvalue weighted by atomic mass is 9.62. The zero-order valence-corrected chi connectivity index (χ0v) is 10.9. The van der Waals surface area contributed by atoms with Crippen LogP contribution in [0.25, 0.3) is 0 Å². The van der Waals surface area contributed by atoms with Gasteiger partial charge in [-0.05, 0) is 56.3 Å². The molecule has 0 aromatic rings. The van der Waals surface area contributed by atoms with Crippen molar-refractivity contribution in [3.8, 4) is 0 Å². The fourth-order valence-corrected chi connectivity index (χ4v) is 4.16. The van der Waals surface area contributed by atoms with Crippen LogP contribution >= 0.6 is 0 Å². The van der Waals surface area contributed by atoms with E-state index in [1.54, 1.807) is 0 Å². The molecule has 0 aromatic heterocycles. The van der Waals surface area contributed by atoms with Crippen LogP contribution < -0.4 is 0 Å². The molecule has 0 N–H and O–H groups in total. The molecule has 0 unspecified atom stereocenters. The van der Waals surface area contributed by atoms with Crippen LogP contribution in [0.1, 0.15) is 52.9 Å². The highest BCUT2D eigenvalue weighted by Crippen LogP contribution is 2.59. The molecule has 0 aromatic carbocycles. The van der Waals surface area contributed by atoms with Crippen LogP contribution in [-0.2, 0) is 4.74 Å². The number of allylic oxidation sites excluding steroid dienone is 1. The summed E-state index contributed by atoms with van der Waals surface area (Å²) in [5.74, 6) is 1.53. The van der Waals surface area contributed by atoms with Crippen molar-refractivity contribution in [2.24, 2.45) is 17.3 Å². The summed E-state index contributed by atoms with van der Waals surface area (Å²) in [5, 5.41) is 0. The van der Waals surface area contributed by atoms with Crippen molar-refractivity contribution in [1.82, 2.24) is 0 Å². The molecule has 16 heavy (non-hydrogen) atoms. The van der Waals surface area contributed by atoms with Gasteiger partial charge in [-0.3, -0.25) is 0 Å². The Morgan fingerprint density at radius 2 is 2.06 bits per heavy atom. The van der Waals surface area contributed by atoms with Gasteiger partial charge in [-0.15, -0.1) is 0 Å². The van der Waals surface area contributed by atoms with Crippen molar-refractivity contribution in [2.45, 2.75) is 64.6 Å². The van der Waals surface area contributed by atoms with Crippen molar-refractivity contribution in [3.05, 3.63) is 12.2 Å². The van der Waals surface area contributed by atoms with Gasteiger partial charge in [0.25, 0.3) is 0 Å². The largest absolute Gasteiger partial charge is 0.366 e. The first-order valence-corrected chi connectivity index (χ1v) is 6.78. The molecule has 1 heteroatoms. The van der Waals surface area contributed by atoms with Crippen LogP contribution in [0, 0.1) is 17.3 Å². The molecule has 3 rings (SSSR count). The van der Waals surface area contributed by atoms with Gasteiger partial charge in [0, 0.05) is 0 Å². The normalized spacial score (nSPS) is 50.2. The lowest BCUT2D eigenvalue weighted by molar-refractivity contribution is 0.105. The van der Waals surface area contributed by atoms with E-state index in [0.717, 1.165) is 11.8 Å². The van der Waals surface area contributed by atoms with Gasteiger partial charge in [0.1, 0.15) is 0 Å². The SMILES string of the molecule is C=C1CCCC(C)(C)[C@@H]2C[C@@]3(C)O[C@H]3C[C@@H]12. The lowest BCUT2D eigenvalue weighted by Crippen LogP contribution is -2.38. The molecular formula is C15H24O. The summed E-state index contributed by atoms with van der Waals surface area (Å²) in [4.78, 5) is 0. The van der Waals surface area contributed by atoms with Crippen molar-refractivity contribution < 1.29 is 4.74 Å². The van der Waals surface area contributed by atoms with Gasteiger partial charge in [0.15, 0.2) is 0 Å². The Morgan fingerprint density at radius 3 is 2.81 bits per heavy atom. The molecular weight excluding hydrogens is 196 g/mol. The molecule has 4 atom stereocenters. The van der Waals surface area contributed by atoms with E-state index in [0.29, 0.717) is 11.5 Å². The number of ether oxygens (including phenoxy) is 1. The molecule has 2 saturated carbocycles. The molecule has 1 saturated heterocycles. The molecule has 0 bridgehead atoms. The van der Waals surface area contributed by atoms with Crippen LogP contribution in [0.2, 0.25) is 0 Å². The molecule has 0 amide bonds. The van der Waals surface area contributed by atoms with E-state index in [1.165, 1.54) is 37.7 Å². The van der Waals surface area contributed by atoms with E-state index in [-0.39, 0.29) is 5.60 Å². The Labute approximate surface area is 99.3 Å². The Bertz CT molecular complexity index is 330. The molecule has 3 fully saturated rings. The van der Waals surface area contributed by atoms with E-state index < -0.39 is 0 Å². The van der Waals surface area contributed by atoms with E-state index in [4.69, 9.17) is 4.74 Å².